The van der Waals surface area contributed by atoms with Crippen LogP contribution in [0.2, 0.25) is 0 Å². The Kier molecular flexibility index (Phi) is 4.67. The molecule has 0 aromatic carbocycles. The van der Waals surface area contributed by atoms with Gasteiger partial charge in [0.15, 0.2) is 0 Å². The molecule has 3 rings (SSSR count). The Bertz CT molecular complexity index is 494. The molecule has 0 aromatic rings. The topological polar surface area (TPSA) is 91.4 Å². The lowest BCUT2D eigenvalue weighted by molar-refractivity contribution is -0.137. The molecular formula is C14H22N4O5. The van der Waals surface area contributed by atoms with Crippen molar-refractivity contribution in [2.24, 2.45) is 0 Å². The molecule has 3 aliphatic heterocycles. The van der Waals surface area contributed by atoms with Crippen molar-refractivity contribution in [3.05, 3.63) is 0 Å². The molecule has 9 heteroatoms. The molecule has 2 atom stereocenters. The van der Waals surface area contributed by atoms with Crippen LogP contribution in [0.4, 0.5) is 4.79 Å². The maximum absolute atomic E-state index is 12.4. The maximum atomic E-state index is 12.4. The monoisotopic (exact) mass is 326 g/mol. The third-order valence-corrected chi connectivity index (χ3v) is 4.60. The minimum absolute atomic E-state index is 0.00605. The van der Waals surface area contributed by atoms with Crippen molar-refractivity contribution in [3.63, 3.8) is 0 Å². The standard InChI is InChI=1S/C14H22N4O5/c1-22-18-10-2-3-11(17(9-10)14(18)21)13(20)15-8-12(19)16-4-6-23-7-5-16/h10-11H,2-9H2,1H3,(H,15,20)/t10-,11+/m1/s1. The number of rotatable bonds is 4. The summed E-state index contributed by atoms with van der Waals surface area (Å²) in [6.07, 6.45) is 1.29. The molecular weight excluding hydrogens is 304 g/mol. The summed E-state index contributed by atoms with van der Waals surface area (Å²) in [5.74, 6) is -0.405. The summed E-state index contributed by atoms with van der Waals surface area (Å²) in [7, 11) is 1.45. The summed E-state index contributed by atoms with van der Waals surface area (Å²) in [6.45, 7) is 2.59. The van der Waals surface area contributed by atoms with E-state index >= 15 is 0 Å². The number of nitrogens with one attached hydrogen (secondary N) is 1. The van der Waals surface area contributed by atoms with E-state index in [1.165, 1.54) is 17.1 Å². The van der Waals surface area contributed by atoms with Gasteiger partial charge in [0.2, 0.25) is 11.8 Å². The predicted octanol–water partition coefficient (Wildman–Crippen LogP) is -1.21. The van der Waals surface area contributed by atoms with Crippen LogP contribution in [0.3, 0.4) is 0 Å². The Labute approximate surface area is 134 Å². The Balaban J connectivity index is 1.52. The first-order valence-corrected chi connectivity index (χ1v) is 7.89. The van der Waals surface area contributed by atoms with Crippen LogP contribution in [0.15, 0.2) is 0 Å². The van der Waals surface area contributed by atoms with Crippen LogP contribution in [0.1, 0.15) is 12.8 Å². The first-order valence-electron chi connectivity index (χ1n) is 7.89. The van der Waals surface area contributed by atoms with Gasteiger partial charge in [0.25, 0.3) is 0 Å². The lowest BCUT2D eigenvalue weighted by atomic mass is 10.0. The Morgan fingerprint density at radius 2 is 2.04 bits per heavy atom. The van der Waals surface area contributed by atoms with Crippen molar-refractivity contribution >= 4 is 17.8 Å². The fourth-order valence-electron chi connectivity index (χ4n) is 3.34. The van der Waals surface area contributed by atoms with E-state index in [1.807, 2.05) is 0 Å². The second-order valence-corrected chi connectivity index (χ2v) is 5.90. The molecule has 0 radical (unpaired) electrons. The number of carbonyl (C=O) groups is 3. The average Bonchev–Trinajstić information content (AvgIpc) is 2.83. The number of hydrogen-bond donors (Lipinski definition) is 1. The molecule has 3 fully saturated rings. The van der Waals surface area contributed by atoms with E-state index in [9.17, 15) is 14.4 Å². The van der Waals surface area contributed by atoms with Crippen LogP contribution in [-0.2, 0) is 19.2 Å². The van der Waals surface area contributed by atoms with Crippen molar-refractivity contribution < 1.29 is 24.0 Å². The number of morpholine rings is 1. The number of fused-ring (bicyclic) bond motifs is 2. The van der Waals surface area contributed by atoms with Crippen molar-refractivity contribution in [1.29, 1.82) is 0 Å². The fraction of sp³-hybridized carbons (Fsp3) is 0.786. The van der Waals surface area contributed by atoms with Gasteiger partial charge >= 0.3 is 6.03 Å². The molecule has 1 N–H and O–H groups in total. The molecule has 2 bridgehead atoms. The highest BCUT2D eigenvalue weighted by atomic mass is 16.7. The first-order chi connectivity index (χ1) is 11.1. The molecule has 0 spiro atoms. The van der Waals surface area contributed by atoms with Crippen LogP contribution < -0.4 is 5.32 Å². The summed E-state index contributed by atoms with van der Waals surface area (Å²) < 4.78 is 5.19. The smallest absolute Gasteiger partial charge is 0.345 e. The van der Waals surface area contributed by atoms with Crippen molar-refractivity contribution in [2.45, 2.75) is 24.9 Å². The molecule has 0 aromatic heterocycles. The van der Waals surface area contributed by atoms with E-state index in [1.54, 1.807) is 4.90 Å². The summed E-state index contributed by atoms with van der Waals surface area (Å²) >= 11 is 0. The molecule has 0 aliphatic carbocycles. The highest BCUT2D eigenvalue weighted by Crippen LogP contribution is 2.29. The highest BCUT2D eigenvalue weighted by molar-refractivity contribution is 5.91. The van der Waals surface area contributed by atoms with Gasteiger partial charge in [-0.05, 0) is 12.8 Å². The molecule has 23 heavy (non-hydrogen) atoms. The lowest BCUT2D eigenvalue weighted by Crippen LogP contribution is -2.52. The van der Waals surface area contributed by atoms with E-state index in [0.717, 1.165) is 0 Å². The molecule has 9 nitrogen and oxygen atoms in total. The van der Waals surface area contributed by atoms with Crippen LogP contribution in [0.5, 0.6) is 0 Å². The van der Waals surface area contributed by atoms with E-state index in [-0.39, 0.29) is 30.4 Å². The second-order valence-electron chi connectivity index (χ2n) is 5.90. The normalized spacial score (nSPS) is 27.3. The summed E-state index contributed by atoms with van der Waals surface area (Å²) in [6, 6.07) is -0.808. The number of amides is 4. The van der Waals surface area contributed by atoms with Gasteiger partial charge in [-0.1, -0.05) is 0 Å². The minimum atomic E-state index is -0.531. The first kappa shape index (κ1) is 16.0. The fourth-order valence-corrected chi connectivity index (χ4v) is 3.34. The van der Waals surface area contributed by atoms with Gasteiger partial charge in [-0.2, -0.15) is 5.06 Å². The third kappa shape index (κ3) is 3.11. The number of hydrogen-bond acceptors (Lipinski definition) is 5. The van der Waals surface area contributed by atoms with E-state index < -0.39 is 6.04 Å². The number of ether oxygens (including phenoxy) is 1. The third-order valence-electron chi connectivity index (χ3n) is 4.60. The van der Waals surface area contributed by atoms with Crippen molar-refractivity contribution in [1.82, 2.24) is 20.2 Å². The molecule has 3 heterocycles. The predicted molar refractivity (Wildman–Crippen MR) is 78.2 cm³/mol. The largest absolute Gasteiger partial charge is 0.378 e. The molecule has 0 saturated carbocycles. The van der Waals surface area contributed by atoms with Gasteiger partial charge in [-0.15, -0.1) is 0 Å². The van der Waals surface area contributed by atoms with E-state index in [4.69, 9.17) is 9.57 Å². The SMILES string of the molecule is CON1C(=O)N2C[C@H]1CC[C@H]2C(=O)NCC(=O)N1CCOCC1. The summed E-state index contributed by atoms with van der Waals surface area (Å²) in [5.41, 5.74) is 0. The summed E-state index contributed by atoms with van der Waals surface area (Å²) in [5, 5.41) is 3.99. The van der Waals surface area contributed by atoms with Gasteiger partial charge < -0.3 is 19.9 Å². The van der Waals surface area contributed by atoms with E-state index in [2.05, 4.69) is 5.32 Å². The highest BCUT2D eigenvalue weighted by Gasteiger charge is 2.47. The number of carbonyl (C=O) groups excluding carboxylic acids is 3. The van der Waals surface area contributed by atoms with Gasteiger partial charge in [0.05, 0.1) is 32.9 Å². The average molecular weight is 326 g/mol. The quantitative estimate of drug-likeness (QED) is 0.700. The molecule has 3 aliphatic rings. The minimum Gasteiger partial charge on any atom is -0.378 e. The number of urea groups is 1. The van der Waals surface area contributed by atoms with Gasteiger partial charge in [0, 0.05) is 19.6 Å². The summed E-state index contributed by atoms with van der Waals surface area (Å²) in [4.78, 5) is 44.9. The van der Waals surface area contributed by atoms with Gasteiger partial charge in [0.1, 0.15) is 6.04 Å². The van der Waals surface area contributed by atoms with Crippen LogP contribution in [0.25, 0.3) is 0 Å². The zero-order valence-electron chi connectivity index (χ0n) is 13.2. The Morgan fingerprint density at radius 3 is 2.74 bits per heavy atom. The second kappa shape index (κ2) is 6.71. The zero-order chi connectivity index (χ0) is 16.4. The maximum Gasteiger partial charge on any atom is 0.345 e. The van der Waals surface area contributed by atoms with Crippen LogP contribution in [-0.4, -0.2) is 91.3 Å². The van der Waals surface area contributed by atoms with Crippen molar-refractivity contribution in [2.75, 3.05) is 46.5 Å². The molecule has 4 amide bonds. The number of nitrogens with zero attached hydrogens (tertiary/aromatic N) is 3. The molecule has 3 saturated heterocycles. The Hall–Kier alpha value is -1.87. The van der Waals surface area contributed by atoms with Crippen LogP contribution in [0, 0.1) is 0 Å². The zero-order valence-corrected chi connectivity index (χ0v) is 13.2. The van der Waals surface area contributed by atoms with Crippen LogP contribution >= 0.6 is 0 Å². The molecule has 128 valence electrons. The number of piperidine rings is 1. The lowest BCUT2D eigenvalue weighted by Gasteiger charge is -2.30. The van der Waals surface area contributed by atoms with Crippen molar-refractivity contribution in [3.8, 4) is 0 Å². The van der Waals surface area contributed by atoms with E-state index in [0.29, 0.717) is 45.7 Å². The van der Waals surface area contributed by atoms with Gasteiger partial charge in [-0.3, -0.25) is 14.4 Å². The van der Waals surface area contributed by atoms with Gasteiger partial charge in [-0.25, -0.2) is 4.79 Å². The Morgan fingerprint density at radius 1 is 1.30 bits per heavy atom. The molecule has 0 unspecified atom stereocenters. The number of hydroxylamine groups is 2.